The van der Waals surface area contributed by atoms with Crippen LogP contribution in [-0.4, -0.2) is 54.9 Å². The molecule has 3 atom stereocenters. The van der Waals surface area contributed by atoms with Crippen molar-refractivity contribution in [1.82, 2.24) is 10.6 Å². The van der Waals surface area contributed by atoms with Crippen LogP contribution in [0.25, 0.3) is 0 Å². The van der Waals surface area contributed by atoms with E-state index in [4.69, 9.17) is 9.84 Å². The van der Waals surface area contributed by atoms with Gasteiger partial charge in [-0.05, 0) is 24.7 Å². The van der Waals surface area contributed by atoms with Gasteiger partial charge in [-0.2, -0.15) is 0 Å². The highest BCUT2D eigenvalue weighted by molar-refractivity contribution is 6.29. The second kappa shape index (κ2) is 7.81. The molecule has 1 fully saturated rings. The van der Waals surface area contributed by atoms with E-state index in [2.05, 4.69) is 24.5 Å². The summed E-state index contributed by atoms with van der Waals surface area (Å²) < 4.78 is 4.84. The summed E-state index contributed by atoms with van der Waals surface area (Å²) in [6, 6.07) is 0. The van der Waals surface area contributed by atoms with Gasteiger partial charge in [0.1, 0.15) is 7.85 Å². The van der Waals surface area contributed by atoms with Crippen molar-refractivity contribution in [2.75, 3.05) is 6.54 Å². The van der Waals surface area contributed by atoms with Gasteiger partial charge in [-0.1, -0.05) is 27.7 Å². The highest BCUT2D eigenvalue weighted by Crippen LogP contribution is 2.24. The smallest absolute Gasteiger partial charge is 0.336 e. The van der Waals surface area contributed by atoms with E-state index >= 15 is 0 Å². The molecule has 0 aromatic carbocycles. The average molecular weight is 326 g/mol. The van der Waals surface area contributed by atoms with Gasteiger partial charge in [0.15, 0.2) is 12.2 Å². The van der Waals surface area contributed by atoms with Gasteiger partial charge in [-0.25, -0.2) is 4.79 Å². The summed E-state index contributed by atoms with van der Waals surface area (Å²) in [5.74, 6) is -1.33. The average Bonchev–Trinajstić information content (AvgIpc) is 3.17. The zero-order chi connectivity index (χ0) is 17.8. The first-order valence-electron chi connectivity index (χ1n) is 8.05. The van der Waals surface area contributed by atoms with Gasteiger partial charge in [-0.15, -0.1) is 0 Å². The number of carboxylic acids is 1. The van der Waals surface area contributed by atoms with Crippen LogP contribution < -0.4 is 10.6 Å². The minimum atomic E-state index is -1.17. The lowest BCUT2D eigenvalue weighted by atomic mass is 9.71. The summed E-state index contributed by atoms with van der Waals surface area (Å²) >= 11 is 0. The Balaban J connectivity index is 2.68. The zero-order valence-electron chi connectivity index (χ0n) is 14.5. The van der Waals surface area contributed by atoms with Crippen LogP contribution in [0.5, 0.6) is 0 Å². The predicted molar refractivity (Wildman–Crippen MR) is 87.6 cm³/mol. The van der Waals surface area contributed by atoms with Gasteiger partial charge in [0.25, 0.3) is 5.91 Å². The summed E-state index contributed by atoms with van der Waals surface area (Å²) in [4.78, 5) is 35.4. The first kappa shape index (κ1) is 19.5. The molecule has 0 aromatic rings. The van der Waals surface area contributed by atoms with E-state index in [0.717, 1.165) is 6.42 Å². The third-order valence-electron chi connectivity index (χ3n) is 3.72. The molecule has 1 heterocycles. The normalized spacial score (nSPS) is 22.5. The quantitative estimate of drug-likeness (QED) is 0.391. The lowest BCUT2D eigenvalue weighted by molar-refractivity contribution is -0.138. The molecular formula is C15H27BN2O5. The second-order valence-corrected chi connectivity index (χ2v) is 7.17. The van der Waals surface area contributed by atoms with E-state index in [0.29, 0.717) is 18.9 Å². The van der Waals surface area contributed by atoms with Crippen molar-refractivity contribution >= 4 is 25.6 Å². The Bertz CT molecular complexity index is 469. The maximum Gasteiger partial charge on any atom is 0.336 e. The molecule has 0 radical (unpaired) electrons. The van der Waals surface area contributed by atoms with Gasteiger partial charge < -0.3 is 20.5 Å². The summed E-state index contributed by atoms with van der Waals surface area (Å²) in [5, 5.41) is 14.3. The van der Waals surface area contributed by atoms with Crippen LogP contribution in [0, 0.1) is 11.8 Å². The molecule has 7 nitrogen and oxygen atoms in total. The third-order valence-corrected chi connectivity index (χ3v) is 3.72. The molecule has 23 heavy (non-hydrogen) atoms. The Labute approximate surface area is 137 Å². The molecule has 3 N–H and O–H groups in total. The van der Waals surface area contributed by atoms with E-state index in [-0.39, 0.29) is 11.8 Å². The second-order valence-electron chi connectivity index (χ2n) is 7.17. The molecule has 2 amide bonds. The van der Waals surface area contributed by atoms with E-state index in [1.54, 1.807) is 7.85 Å². The van der Waals surface area contributed by atoms with Crippen molar-refractivity contribution < 1.29 is 24.2 Å². The molecule has 1 aliphatic heterocycles. The van der Waals surface area contributed by atoms with Crippen LogP contribution in [0.1, 0.15) is 40.5 Å². The molecule has 0 aromatic heterocycles. The molecule has 8 heteroatoms. The van der Waals surface area contributed by atoms with E-state index < -0.39 is 29.5 Å². The molecular weight excluding hydrogens is 299 g/mol. The predicted octanol–water partition coefficient (Wildman–Crippen LogP) is -0.508. The molecule has 0 saturated carbocycles. The number of carboxylic acid groups (broad SMARTS) is 1. The maximum absolute atomic E-state index is 12.5. The SMILES string of the molecule is BC(CC(C)C)(NC(=O)[C@H]1O[C@@H]1C(=O)O)C(=O)NCCC(C)C. The van der Waals surface area contributed by atoms with Crippen LogP contribution in [0.15, 0.2) is 0 Å². The van der Waals surface area contributed by atoms with Crippen molar-refractivity contribution in [2.24, 2.45) is 11.8 Å². The van der Waals surface area contributed by atoms with Crippen molar-refractivity contribution in [1.29, 1.82) is 0 Å². The minimum absolute atomic E-state index is 0.187. The molecule has 130 valence electrons. The highest BCUT2D eigenvalue weighted by Gasteiger charge is 2.52. The lowest BCUT2D eigenvalue weighted by Crippen LogP contribution is -2.61. The van der Waals surface area contributed by atoms with Crippen molar-refractivity contribution in [2.45, 2.75) is 58.2 Å². The Kier molecular flexibility index (Phi) is 6.62. The van der Waals surface area contributed by atoms with Gasteiger partial charge >= 0.3 is 5.97 Å². The number of nitrogens with one attached hydrogen (secondary N) is 2. The number of ether oxygens (including phenoxy) is 1. The molecule has 1 aliphatic rings. The van der Waals surface area contributed by atoms with Gasteiger partial charge in [0.05, 0.1) is 5.44 Å². The van der Waals surface area contributed by atoms with Gasteiger partial charge in [-0.3, -0.25) is 9.59 Å². The number of aliphatic carboxylic acids is 1. The first-order chi connectivity index (χ1) is 10.6. The van der Waals surface area contributed by atoms with Crippen LogP contribution in [0.2, 0.25) is 0 Å². The fourth-order valence-corrected chi connectivity index (χ4v) is 2.53. The Morgan fingerprint density at radius 3 is 2.22 bits per heavy atom. The van der Waals surface area contributed by atoms with Crippen molar-refractivity contribution in [3.63, 3.8) is 0 Å². The van der Waals surface area contributed by atoms with Crippen LogP contribution in [0.3, 0.4) is 0 Å². The maximum atomic E-state index is 12.5. The summed E-state index contributed by atoms with van der Waals surface area (Å²) in [6.07, 6.45) is -0.814. The molecule has 0 bridgehead atoms. The standard InChI is InChI=1S/C15H27BN2O5/c1-8(2)5-6-17-14(22)15(16,7-9(3)4)18-12(19)10-11(23-10)13(20)21/h8-11H,5-7,16H2,1-4H3,(H,17,22)(H,18,19)(H,20,21)/t10-,11-,15?/m0/s1. The number of rotatable bonds is 9. The molecule has 1 unspecified atom stereocenters. The number of amides is 2. The number of epoxide rings is 1. The fourth-order valence-electron chi connectivity index (χ4n) is 2.53. The van der Waals surface area contributed by atoms with Gasteiger partial charge in [0.2, 0.25) is 5.91 Å². The number of hydrogen-bond donors (Lipinski definition) is 3. The fraction of sp³-hybridized carbons (Fsp3) is 0.800. The summed E-state index contributed by atoms with van der Waals surface area (Å²) in [7, 11) is 1.66. The first-order valence-corrected chi connectivity index (χ1v) is 8.05. The zero-order valence-corrected chi connectivity index (χ0v) is 14.5. The monoisotopic (exact) mass is 326 g/mol. The van der Waals surface area contributed by atoms with E-state index in [9.17, 15) is 14.4 Å². The van der Waals surface area contributed by atoms with Crippen molar-refractivity contribution in [3.05, 3.63) is 0 Å². The number of carbonyl (C=O) groups excluding carboxylic acids is 2. The third kappa shape index (κ3) is 5.86. The lowest BCUT2D eigenvalue weighted by Gasteiger charge is -2.31. The highest BCUT2D eigenvalue weighted by atomic mass is 16.6. The van der Waals surface area contributed by atoms with E-state index in [1.807, 2.05) is 13.8 Å². The topological polar surface area (TPSA) is 108 Å². The Hall–Kier alpha value is -1.57. The molecule has 1 rings (SSSR count). The van der Waals surface area contributed by atoms with Crippen LogP contribution >= 0.6 is 0 Å². The summed E-state index contributed by atoms with van der Waals surface area (Å²) in [6.45, 7) is 8.59. The molecule has 1 saturated heterocycles. The summed E-state index contributed by atoms with van der Waals surface area (Å²) in [5.41, 5.74) is -1.09. The Morgan fingerprint density at radius 1 is 1.17 bits per heavy atom. The minimum Gasteiger partial charge on any atom is -0.479 e. The van der Waals surface area contributed by atoms with Gasteiger partial charge in [0, 0.05) is 6.54 Å². The number of hydrogen-bond acceptors (Lipinski definition) is 4. The molecule has 0 spiro atoms. The van der Waals surface area contributed by atoms with Crippen LogP contribution in [-0.2, 0) is 19.1 Å². The molecule has 0 aliphatic carbocycles. The Morgan fingerprint density at radius 2 is 1.78 bits per heavy atom. The van der Waals surface area contributed by atoms with E-state index in [1.165, 1.54) is 0 Å². The number of carbonyl (C=O) groups is 3. The van der Waals surface area contributed by atoms with Crippen molar-refractivity contribution in [3.8, 4) is 0 Å². The van der Waals surface area contributed by atoms with Crippen LogP contribution in [0.4, 0.5) is 0 Å². The largest absolute Gasteiger partial charge is 0.479 e.